The molecule has 0 saturated heterocycles. The van der Waals surface area contributed by atoms with Crippen LogP contribution in [-0.4, -0.2) is 12.0 Å². The van der Waals surface area contributed by atoms with E-state index in [4.69, 9.17) is 0 Å². The van der Waals surface area contributed by atoms with Crippen LogP contribution in [0.25, 0.3) is 0 Å². The third-order valence-corrected chi connectivity index (χ3v) is 2.90. The molecule has 3 heteroatoms. The van der Waals surface area contributed by atoms with E-state index in [9.17, 15) is 0 Å². The van der Waals surface area contributed by atoms with Gasteiger partial charge in [0, 0.05) is 18.8 Å². The van der Waals surface area contributed by atoms with E-state index in [-0.39, 0.29) is 0 Å². The molecular formula is C11H12N2S. The highest BCUT2D eigenvalue weighted by molar-refractivity contribution is 7.13. The molecule has 0 radical (unpaired) electrons. The lowest BCUT2D eigenvalue weighted by Gasteiger charge is -1.96. The highest BCUT2D eigenvalue weighted by Crippen LogP contribution is 2.17. The lowest BCUT2D eigenvalue weighted by Crippen LogP contribution is -1.90. The van der Waals surface area contributed by atoms with Crippen LogP contribution in [0.1, 0.15) is 11.3 Å². The van der Waals surface area contributed by atoms with Gasteiger partial charge in [-0.3, -0.25) is 0 Å². The molecule has 1 N–H and O–H groups in total. The Hall–Kier alpha value is -1.35. The van der Waals surface area contributed by atoms with Crippen molar-refractivity contribution in [2.24, 2.45) is 0 Å². The molecule has 2 aromatic rings. The molecule has 0 saturated carbocycles. The summed E-state index contributed by atoms with van der Waals surface area (Å²) in [6.07, 6.45) is 0.916. The number of hydrogen-bond acceptors (Lipinski definition) is 3. The molecule has 0 bridgehead atoms. The van der Waals surface area contributed by atoms with E-state index < -0.39 is 0 Å². The van der Waals surface area contributed by atoms with Crippen molar-refractivity contribution >= 4 is 16.5 Å². The average Bonchev–Trinajstić information content (AvgIpc) is 2.67. The Balaban J connectivity index is 2.11. The Kier molecular flexibility index (Phi) is 2.79. The SMILES string of the molecule is CNc1nc(Cc2ccccc2)cs1. The third-order valence-electron chi connectivity index (χ3n) is 1.99. The largest absolute Gasteiger partial charge is 0.365 e. The van der Waals surface area contributed by atoms with Crippen molar-refractivity contribution in [3.63, 3.8) is 0 Å². The van der Waals surface area contributed by atoms with Crippen molar-refractivity contribution in [2.75, 3.05) is 12.4 Å². The second kappa shape index (κ2) is 4.24. The minimum Gasteiger partial charge on any atom is -0.365 e. The summed E-state index contributed by atoms with van der Waals surface area (Å²) in [4.78, 5) is 4.43. The maximum Gasteiger partial charge on any atom is 0.182 e. The van der Waals surface area contributed by atoms with Gasteiger partial charge in [-0.25, -0.2) is 4.98 Å². The quantitative estimate of drug-likeness (QED) is 0.831. The summed E-state index contributed by atoms with van der Waals surface area (Å²) in [5.41, 5.74) is 2.44. The van der Waals surface area contributed by atoms with Crippen molar-refractivity contribution in [3.8, 4) is 0 Å². The fourth-order valence-electron chi connectivity index (χ4n) is 1.31. The maximum absolute atomic E-state index is 4.43. The minimum absolute atomic E-state index is 0.916. The smallest absolute Gasteiger partial charge is 0.182 e. The van der Waals surface area contributed by atoms with Crippen molar-refractivity contribution in [1.29, 1.82) is 0 Å². The van der Waals surface area contributed by atoms with Gasteiger partial charge in [-0.05, 0) is 5.56 Å². The van der Waals surface area contributed by atoms with Gasteiger partial charge >= 0.3 is 0 Å². The summed E-state index contributed by atoms with van der Waals surface area (Å²) in [6.45, 7) is 0. The summed E-state index contributed by atoms with van der Waals surface area (Å²) in [5, 5.41) is 6.12. The fraction of sp³-hybridized carbons (Fsp3) is 0.182. The third kappa shape index (κ3) is 2.12. The number of benzene rings is 1. The lowest BCUT2D eigenvalue weighted by molar-refractivity contribution is 1.11. The van der Waals surface area contributed by atoms with E-state index >= 15 is 0 Å². The highest BCUT2D eigenvalue weighted by Gasteiger charge is 2.00. The van der Waals surface area contributed by atoms with Gasteiger partial charge in [-0.2, -0.15) is 0 Å². The van der Waals surface area contributed by atoms with E-state index in [1.54, 1.807) is 11.3 Å². The van der Waals surface area contributed by atoms with Crippen LogP contribution in [0.2, 0.25) is 0 Å². The monoisotopic (exact) mass is 204 g/mol. The molecule has 0 atom stereocenters. The van der Waals surface area contributed by atoms with E-state index in [2.05, 4.69) is 39.9 Å². The van der Waals surface area contributed by atoms with Gasteiger partial charge in [0.15, 0.2) is 5.13 Å². The zero-order valence-electron chi connectivity index (χ0n) is 8.03. The first-order chi connectivity index (χ1) is 6.88. The van der Waals surface area contributed by atoms with Crippen LogP contribution in [0.4, 0.5) is 5.13 Å². The Morgan fingerprint density at radius 1 is 1.29 bits per heavy atom. The number of rotatable bonds is 3. The molecule has 14 heavy (non-hydrogen) atoms. The Labute approximate surface area is 87.6 Å². The number of thiazole rings is 1. The molecule has 72 valence electrons. The van der Waals surface area contributed by atoms with Crippen LogP contribution >= 0.6 is 11.3 Å². The summed E-state index contributed by atoms with van der Waals surface area (Å²) in [6, 6.07) is 10.4. The Bertz CT molecular complexity index is 395. The Morgan fingerprint density at radius 3 is 2.71 bits per heavy atom. The van der Waals surface area contributed by atoms with Gasteiger partial charge in [-0.15, -0.1) is 11.3 Å². The molecule has 0 amide bonds. The number of nitrogens with one attached hydrogen (secondary N) is 1. The number of hydrogen-bond donors (Lipinski definition) is 1. The number of aromatic nitrogens is 1. The molecule has 0 fully saturated rings. The van der Waals surface area contributed by atoms with Gasteiger partial charge in [-0.1, -0.05) is 30.3 Å². The summed E-state index contributed by atoms with van der Waals surface area (Å²) in [5.74, 6) is 0. The molecule has 1 aromatic heterocycles. The van der Waals surface area contributed by atoms with E-state index in [0.717, 1.165) is 17.2 Å². The van der Waals surface area contributed by atoms with Crippen LogP contribution < -0.4 is 5.32 Å². The van der Waals surface area contributed by atoms with Gasteiger partial charge in [0.05, 0.1) is 5.69 Å². The van der Waals surface area contributed by atoms with Crippen molar-refractivity contribution in [1.82, 2.24) is 4.98 Å². The molecule has 0 aliphatic heterocycles. The first-order valence-electron chi connectivity index (χ1n) is 4.54. The summed E-state index contributed by atoms with van der Waals surface area (Å²) < 4.78 is 0. The van der Waals surface area contributed by atoms with Crippen molar-refractivity contribution < 1.29 is 0 Å². The topological polar surface area (TPSA) is 24.9 Å². The summed E-state index contributed by atoms with van der Waals surface area (Å²) >= 11 is 1.65. The first kappa shape index (κ1) is 9.21. The predicted molar refractivity (Wildman–Crippen MR) is 60.9 cm³/mol. The Morgan fingerprint density at radius 2 is 2.07 bits per heavy atom. The predicted octanol–water partition coefficient (Wildman–Crippen LogP) is 2.78. The minimum atomic E-state index is 0.916. The van der Waals surface area contributed by atoms with Crippen LogP contribution in [-0.2, 0) is 6.42 Å². The number of nitrogens with zero attached hydrogens (tertiary/aromatic N) is 1. The van der Waals surface area contributed by atoms with E-state index in [1.165, 1.54) is 5.56 Å². The van der Waals surface area contributed by atoms with Gasteiger partial charge < -0.3 is 5.32 Å². The second-order valence-corrected chi connectivity index (χ2v) is 3.91. The molecule has 1 aromatic carbocycles. The molecule has 2 nitrogen and oxygen atoms in total. The van der Waals surface area contributed by atoms with Crippen molar-refractivity contribution in [3.05, 3.63) is 47.0 Å². The molecule has 0 aliphatic rings. The molecular weight excluding hydrogens is 192 g/mol. The van der Waals surface area contributed by atoms with Gasteiger partial charge in [0.25, 0.3) is 0 Å². The van der Waals surface area contributed by atoms with Gasteiger partial charge in [0.1, 0.15) is 0 Å². The van der Waals surface area contributed by atoms with Gasteiger partial charge in [0.2, 0.25) is 0 Å². The van der Waals surface area contributed by atoms with Crippen LogP contribution in [0, 0.1) is 0 Å². The molecule has 0 aliphatic carbocycles. The van der Waals surface area contributed by atoms with E-state index in [0.29, 0.717) is 0 Å². The summed E-state index contributed by atoms with van der Waals surface area (Å²) in [7, 11) is 1.89. The zero-order chi connectivity index (χ0) is 9.80. The molecule has 1 heterocycles. The molecule has 0 unspecified atom stereocenters. The fourth-order valence-corrected chi connectivity index (χ4v) is 1.98. The van der Waals surface area contributed by atoms with Crippen molar-refractivity contribution in [2.45, 2.75) is 6.42 Å². The van der Waals surface area contributed by atoms with Crippen LogP contribution in [0.5, 0.6) is 0 Å². The van der Waals surface area contributed by atoms with Crippen LogP contribution in [0.3, 0.4) is 0 Å². The number of anilines is 1. The molecule has 2 rings (SSSR count). The second-order valence-electron chi connectivity index (χ2n) is 3.06. The van der Waals surface area contributed by atoms with Crippen LogP contribution in [0.15, 0.2) is 35.7 Å². The molecule has 0 spiro atoms. The lowest BCUT2D eigenvalue weighted by atomic mass is 10.1. The first-order valence-corrected chi connectivity index (χ1v) is 5.42. The standard InChI is InChI=1S/C11H12N2S/c1-12-11-13-10(8-14-11)7-9-5-3-2-4-6-9/h2-6,8H,7H2,1H3,(H,12,13). The normalized spacial score (nSPS) is 10.1. The average molecular weight is 204 g/mol. The zero-order valence-corrected chi connectivity index (χ0v) is 8.84. The maximum atomic E-state index is 4.43. The highest BCUT2D eigenvalue weighted by atomic mass is 32.1. The van der Waals surface area contributed by atoms with E-state index in [1.807, 2.05) is 13.1 Å².